The Morgan fingerprint density at radius 1 is 1.20 bits per heavy atom. The Hall–Kier alpha value is -1.13. The number of amides is 1. The van der Waals surface area contributed by atoms with Crippen LogP contribution in [-0.4, -0.2) is 18.5 Å². The van der Waals surface area contributed by atoms with Crippen molar-refractivity contribution in [2.45, 2.75) is 57.4 Å². The van der Waals surface area contributed by atoms with Gasteiger partial charge in [-0.1, -0.05) is 32.4 Å². The first-order valence-electron chi connectivity index (χ1n) is 9.16. The lowest BCUT2D eigenvalue weighted by molar-refractivity contribution is -0.128. The maximum atomic E-state index is 13.1. The molecule has 2 atom stereocenters. The van der Waals surface area contributed by atoms with Crippen molar-refractivity contribution in [3.8, 4) is 0 Å². The largest absolute Gasteiger partial charge is 0.355 e. The van der Waals surface area contributed by atoms with Gasteiger partial charge >= 0.3 is 0 Å². The Kier molecular flexibility index (Phi) is 6.50. The van der Waals surface area contributed by atoms with Crippen molar-refractivity contribution >= 4 is 18.3 Å². The number of benzene rings is 1. The van der Waals surface area contributed by atoms with E-state index in [1.165, 1.54) is 31.4 Å². The summed E-state index contributed by atoms with van der Waals surface area (Å²) in [6, 6.07) is 6.83. The molecule has 0 radical (unpaired) electrons. The Morgan fingerprint density at radius 2 is 1.76 bits per heavy atom. The van der Waals surface area contributed by atoms with E-state index in [2.05, 4.69) is 19.2 Å². The Bertz CT molecular complexity index is 576. The van der Waals surface area contributed by atoms with Gasteiger partial charge in [0, 0.05) is 23.9 Å². The fourth-order valence-corrected chi connectivity index (χ4v) is 4.46. The third-order valence-electron chi connectivity index (χ3n) is 6.11. The zero-order chi connectivity index (χ0) is 17.3. The van der Waals surface area contributed by atoms with Gasteiger partial charge in [0.15, 0.2) is 0 Å². The summed E-state index contributed by atoms with van der Waals surface area (Å²) in [5, 5.41) is 3.14. The van der Waals surface area contributed by atoms with Crippen LogP contribution in [0.2, 0.25) is 0 Å². The van der Waals surface area contributed by atoms with Gasteiger partial charge in [0.25, 0.3) is 0 Å². The molecular weight excluding hydrogens is 339 g/mol. The third kappa shape index (κ3) is 4.53. The van der Waals surface area contributed by atoms with E-state index in [1.807, 2.05) is 0 Å². The third-order valence-corrected chi connectivity index (χ3v) is 6.11. The summed E-state index contributed by atoms with van der Waals surface area (Å²) in [6.07, 6.45) is 5.46. The molecule has 3 N–H and O–H groups in total. The molecule has 1 amide bonds. The fraction of sp³-hybridized carbons (Fsp3) is 0.650. The second-order valence-electron chi connectivity index (χ2n) is 8.31. The minimum absolute atomic E-state index is 0. The van der Waals surface area contributed by atoms with Gasteiger partial charge in [0.05, 0.1) is 0 Å². The van der Waals surface area contributed by atoms with Gasteiger partial charge in [0.1, 0.15) is 5.82 Å². The highest BCUT2D eigenvalue weighted by Gasteiger charge is 2.40. The number of hydrogen-bond acceptors (Lipinski definition) is 2. The van der Waals surface area contributed by atoms with Crippen LogP contribution in [0, 0.1) is 23.6 Å². The first kappa shape index (κ1) is 20.2. The summed E-state index contributed by atoms with van der Waals surface area (Å²) in [6.45, 7) is 4.72. The molecule has 1 aromatic carbocycles. The topological polar surface area (TPSA) is 55.1 Å². The molecule has 140 valence electrons. The van der Waals surface area contributed by atoms with Crippen LogP contribution in [0.25, 0.3) is 0 Å². The quantitative estimate of drug-likeness (QED) is 0.849. The molecule has 2 saturated carbocycles. The standard InChI is InChI=1S/C20H29FN2O.ClH/c1-20(2,16-6-8-17(21)9-7-16)12-23-19(24)15-10-13-4-3-5-14(11-15)18(13)22;/h6-9,13-15,18H,3-5,10-12,22H2,1-2H3,(H,23,24);1H. The predicted molar refractivity (Wildman–Crippen MR) is 101 cm³/mol. The molecule has 0 aromatic heterocycles. The zero-order valence-electron chi connectivity index (χ0n) is 15.1. The van der Waals surface area contributed by atoms with Crippen LogP contribution in [0.3, 0.4) is 0 Å². The van der Waals surface area contributed by atoms with E-state index in [0.717, 1.165) is 18.4 Å². The lowest BCUT2D eigenvalue weighted by Gasteiger charge is -2.43. The van der Waals surface area contributed by atoms with E-state index in [0.29, 0.717) is 24.4 Å². The summed E-state index contributed by atoms with van der Waals surface area (Å²) in [7, 11) is 0. The number of rotatable bonds is 4. The fourth-order valence-electron chi connectivity index (χ4n) is 4.46. The molecule has 2 fully saturated rings. The highest BCUT2D eigenvalue weighted by Crippen LogP contribution is 2.41. The second-order valence-corrected chi connectivity index (χ2v) is 8.31. The molecule has 2 aliphatic carbocycles. The van der Waals surface area contributed by atoms with Gasteiger partial charge in [-0.2, -0.15) is 0 Å². The van der Waals surface area contributed by atoms with Gasteiger partial charge in [-0.05, 0) is 55.2 Å². The number of fused-ring (bicyclic) bond motifs is 2. The zero-order valence-corrected chi connectivity index (χ0v) is 15.9. The van der Waals surface area contributed by atoms with Crippen molar-refractivity contribution in [2.24, 2.45) is 23.5 Å². The van der Waals surface area contributed by atoms with Crippen LogP contribution < -0.4 is 11.1 Å². The number of nitrogens with one attached hydrogen (secondary N) is 1. The average Bonchev–Trinajstić information content (AvgIpc) is 2.53. The van der Waals surface area contributed by atoms with Gasteiger partial charge in [-0.3, -0.25) is 4.79 Å². The molecule has 1 aromatic rings. The molecule has 5 heteroatoms. The highest BCUT2D eigenvalue weighted by atomic mass is 35.5. The first-order chi connectivity index (χ1) is 11.4. The molecule has 3 nitrogen and oxygen atoms in total. The van der Waals surface area contributed by atoms with E-state index in [1.54, 1.807) is 12.1 Å². The molecule has 25 heavy (non-hydrogen) atoms. The smallest absolute Gasteiger partial charge is 0.223 e. The molecule has 0 saturated heterocycles. The van der Waals surface area contributed by atoms with Crippen molar-refractivity contribution in [2.75, 3.05) is 6.54 Å². The molecule has 0 aliphatic heterocycles. The number of hydrogen-bond donors (Lipinski definition) is 2. The van der Waals surface area contributed by atoms with E-state index >= 15 is 0 Å². The summed E-state index contributed by atoms with van der Waals surface area (Å²) in [5.74, 6) is 1.05. The molecule has 2 bridgehead atoms. The van der Waals surface area contributed by atoms with Crippen molar-refractivity contribution < 1.29 is 9.18 Å². The lowest BCUT2D eigenvalue weighted by Crippen LogP contribution is -2.50. The molecule has 0 heterocycles. The van der Waals surface area contributed by atoms with Gasteiger partial charge in [-0.15, -0.1) is 12.4 Å². The van der Waals surface area contributed by atoms with E-state index in [4.69, 9.17) is 5.73 Å². The second kappa shape index (κ2) is 8.05. The van der Waals surface area contributed by atoms with Gasteiger partial charge in [0.2, 0.25) is 5.91 Å². The maximum absolute atomic E-state index is 13.1. The van der Waals surface area contributed by atoms with Crippen LogP contribution in [0.1, 0.15) is 51.5 Å². The number of nitrogens with two attached hydrogens (primary N) is 1. The maximum Gasteiger partial charge on any atom is 0.223 e. The Labute approximate surface area is 156 Å². The number of halogens is 2. The van der Waals surface area contributed by atoms with E-state index in [9.17, 15) is 9.18 Å². The molecular formula is C20H30ClFN2O. The molecule has 3 rings (SSSR count). The number of carbonyl (C=O) groups is 1. The molecule has 2 aliphatic rings. The van der Waals surface area contributed by atoms with Crippen LogP contribution in [-0.2, 0) is 10.2 Å². The van der Waals surface area contributed by atoms with Crippen molar-refractivity contribution in [3.05, 3.63) is 35.6 Å². The molecule has 0 spiro atoms. The van der Waals surface area contributed by atoms with Crippen LogP contribution in [0.5, 0.6) is 0 Å². The highest BCUT2D eigenvalue weighted by molar-refractivity contribution is 5.85. The van der Waals surface area contributed by atoms with Crippen LogP contribution in [0.4, 0.5) is 4.39 Å². The SMILES string of the molecule is CC(C)(CNC(=O)C1CC2CCCC(C1)C2N)c1ccc(F)cc1.Cl. The monoisotopic (exact) mass is 368 g/mol. The normalized spacial score (nSPS) is 28.8. The lowest BCUT2D eigenvalue weighted by atomic mass is 9.65. The predicted octanol–water partition coefficient (Wildman–Crippen LogP) is 3.79. The summed E-state index contributed by atoms with van der Waals surface area (Å²) in [4.78, 5) is 12.7. The minimum atomic E-state index is -0.233. The van der Waals surface area contributed by atoms with E-state index < -0.39 is 0 Å². The van der Waals surface area contributed by atoms with Crippen LogP contribution in [0.15, 0.2) is 24.3 Å². The van der Waals surface area contributed by atoms with E-state index in [-0.39, 0.29) is 35.5 Å². The summed E-state index contributed by atoms with van der Waals surface area (Å²) < 4.78 is 13.1. The van der Waals surface area contributed by atoms with Crippen molar-refractivity contribution in [1.82, 2.24) is 5.32 Å². The van der Waals surface area contributed by atoms with Gasteiger partial charge in [-0.25, -0.2) is 4.39 Å². The van der Waals surface area contributed by atoms with Gasteiger partial charge < -0.3 is 11.1 Å². The summed E-state index contributed by atoms with van der Waals surface area (Å²) >= 11 is 0. The first-order valence-corrected chi connectivity index (χ1v) is 9.16. The van der Waals surface area contributed by atoms with Crippen molar-refractivity contribution in [3.63, 3.8) is 0 Å². The average molecular weight is 369 g/mol. The summed E-state index contributed by atoms with van der Waals surface area (Å²) in [5.41, 5.74) is 7.13. The molecule has 2 unspecified atom stereocenters. The van der Waals surface area contributed by atoms with Crippen molar-refractivity contribution in [1.29, 1.82) is 0 Å². The minimum Gasteiger partial charge on any atom is -0.355 e. The van der Waals surface area contributed by atoms with Crippen LogP contribution >= 0.6 is 12.4 Å². The Balaban J connectivity index is 0.00000225. The number of carbonyl (C=O) groups excluding carboxylic acids is 1. The Morgan fingerprint density at radius 3 is 2.32 bits per heavy atom.